The summed E-state index contributed by atoms with van der Waals surface area (Å²) in [5.74, 6) is 0.851. The average molecular weight is 394 g/mol. The van der Waals surface area contributed by atoms with Crippen molar-refractivity contribution in [3.63, 3.8) is 0 Å². The molecule has 0 spiro atoms. The van der Waals surface area contributed by atoms with Gasteiger partial charge in [-0.1, -0.05) is 12.1 Å². The number of pyridine rings is 1. The van der Waals surface area contributed by atoms with Crippen LogP contribution in [0.5, 0.6) is 11.6 Å². The van der Waals surface area contributed by atoms with Crippen LogP contribution >= 0.6 is 0 Å². The quantitative estimate of drug-likeness (QED) is 0.548. The molecule has 30 heavy (non-hydrogen) atoms. The predicted octanol–water partition coefficient (Wildman–Crippen LogP) is 4.02. The van der Waals surface area contributed by atoms with Gasteiger partial charge in [0.05, 0.1) is 24.2 Å². The lowest BCUT2D eigenvalue weighted by Gasteiger charge is -1.99. The number of ether oxygens (including phenoxy) is 1. The molecule has 0 fully saturated rings. The van der Waals surface area contributed by atoms with Crippen molar-refractivity contribution in [2.24, 2.45) is 10.2 Å². The first-order valence-corrected chi connectivity index (χ1v) is 9.47. The Balaban J connectivity index is 1.56. The lowest BCUT2D eigenvalue weighted by molar-refractivity contribution is 0.415. The van der Waals surface area contributed by atoms with Crippen molar-refractivity contribution in [3.05, 3.63) is 88.6 Å². The van der Waals surface area contributed by atoms with Crippen molar-refractivity contribution in [3.8, 4) is 11.6 Å². The van der Waals surface area contributed by atoms with E-state index in [1.165, 1.54) is 0 Å². The summed E-state index contributed by atoms with van der Waals surface area (Å²) in [4.78, 5) is 7.28. The summed E-state index contributed by atoms with van der Waals surface area (Å²) < 4.78 is 5.31. The van der Waals surface area contributed by atoms with Crippen LogP contribution in [0, 0.1) is 0 Å². The van der Waals surface area contributed by atoms with Gasteiger partial charge in [-0.25, -0.2) is 0 Å². The Bertz CT molecular complexity index is 1430. The van der Waals surface area contributed by atoms with Gasteiger partial charge in [0.25, 0.3) is 0 Å². The fourth-order valence-electron chi connectivity index (χ4n) is 3.48. The Labute approximate surface area is 172 Å². The molecule has 4 aromatic rings. The SMILES string of the molecule is COc1ccc2[nH]c(O)c(C=c3ccc4c(c3)N=NC=4/C=C/c3ccccn3)c2c1. The number of fused-ring (bicyclic) bond motifs is 2. The van der Waals surface area contributed by atoms with Gasteiger partial charge in [0.1, 0.15) is 5.75 Å². The third-order valence-electron chi connectivity index (χ3n) is 5.00. The van der Waals surface area contributed by atoms with Crippen LogP contribution in [0.15, 0.2) is 77.1 Å². The first-order chi connectivity index (χ1) is 14.7. The molecule has 0 amide bonds. The molecule has 0 bridgehead atoms. The Morgan fingerprint density at radius 2 is 1.93 bits per heavy atom. The number of nitrogens with one attached hydrogen (secondary N) is 1. The van der Waals surface area contributed by atoms with Crippen LogP contribution in [0.4, 0.5) is 5.69 Å². The van der Waals surface area contributed by atoms with E-state index in [0.29, 0.717) is 5.56 Å². The van der Waals surface area contributed by atoms with Gasteiger partial charge in [0.15, 0.2) is 5.88 Å². The Hall–Kier alpha value is -4.19. The summed E-state index contributed by atoms with van der Waals surface area (Å²) >= 11 is 0. The van der Waals surface area contributed by atoms with E-state index < -0.39 is 0 Å². The van der Waals surface area contributed by atoms with Gasteiger partial charge in [0.2, 0.25) is 0 Å². The lowest BCUT2D eigenvalue weighted by atomic mass is 10.1. The minimum atomic E-state index is 0.117. The number of H-pyrrole nitrogens is 1. The third-order valence-corrected chi connectivity index (χ3v) is 5.00. The maximum atomic E-state index is 10.4. The van der Waals surface area contributed by atoms with Gasteiger partial charge in [-0.3, -0.25) is 4.98 Å². The van der Waals surface area contributed by atoms with Crippen LogP contribution in [-0.2, 0) is 0 Å². The smallest absolute Gasteiger partial charge is 0.196 e. The van der Waals surface area contributed by atoms with Crippen LogP contribution in [0.1, 0.15) is 11.3 Å². The summed E-state index contributed by atoms with van der Waals surface area (Å²) in [6.45, 7) is 0. The number of nitrogens with zero attached hydrogens (tertiary/aromatic N) is 3. The number of hydrogen-bond donors (Lipinski definition) is 2. The molecule has 2 N–H and O–H groups in total. The van der Waals surface area contributed by atoms with E-state index >= 15 is 0 Å². The molecule has 0 saturated heterocycles. The second kappa shape index (κ2) is 7.33. The van der Waals surface area contributed by atoms with Crippen molar-refractivity contribution in [2.45, 2.75) is 0 Å². The largest absolute Gasteiger partial charge is 0.497 e. The van der Waals surface area contributed by atoms with Gasteiger partial charge in [0, 0.05) is 27.9 Å². The second-order valence-electron chi connectivity index (χ2n) is 6.89. The summed E-state index contributed by atoms with van der Waals surface area (Å²) in [7, 11) is 1.62. The first kappa shape index (κ1) is 17.9. The maximum Gasteiger partial charge on any atom is 0.196 e. The van der Waals surface area contributed by atoms with Crippen LogP contribution in [0.2, 0.25) is 0 Å². The number of benzene rings is 2. The predicted molar refractivity (Wildman–Crippen MR) is 117 cm³/mol. The highest BCUT2D eigenvalue weighted by atomic mass is 16.5. The summed E-state index contributed by atoms with van der Waals surface area (Å²) in [5.41, 5.74) is 4.00. The molecule has 3 heterocycles. The Kier molecular flexibility index (Phi) is 4.37. The van der Waals surface area contributed by atoms with Crippen LogP contribution in [0.25, 0.3) is 28.8 Å². The van der Waals surface area contributed by atoms with E-state index in [1.54, 1.807) is 13.3 Å². The molecular weight excluding hydrogens is 376 g/mol. The molecule has 2 aromatic carbocycles. The molecule has 0 saturated carbocycles. The van der Waals surface area contributed by atoms with Crippen molar-refractivity contribution < 1.29 is 9.84 Å². The molecule has 0 aliphatic carbocycles. The monoisotopic (exact) mass is 394 g/mol. The Morgan fingerprint density at radius 1 is 1.00 bits per heavy atom. The summed E-state index contributed by atoms with van der Waals surface area (Å²) in [6.07, 6.45) is 7.51. The van der Waals surface area contributed by atoms with E-state index in [1.807, 2.05) is 72.8 Å². The molecule has 1 aliphatic heterocycles. The van der Waals surface area contributed by atoms with E-state index in [4.69, 9.17) is 4.74 Å². The fourth-order valence-corrected chi connectivity index (χ4v) is 3.48. The van der Waals surface area contributed by atoms with Gasteiger partial charge >= 0.3 is 0 Å². The first-order valence-electron chi connectivity index (χ1n) is 9.47. The summed E-state index contributed by atoms with van der Waals surface area (Å²) in [6, 6.07) is 17.3. The molecule has 0 atom stereocenters. The minimum Gasteiger partial charge on any atom is -0.497 e. The van der Waals surface area contributed by atoms with Crippen LogP contribution < -0.4 is 15.2 Å². The highest BCUT2D eigenvalue weighted by molar-refractivity contribution is 5.92. The highest BCUT2D eigenvalue weighted by Gasteiger charge is 2.10. The average Bonchev–Trinajstić information content (AvgIpc) is 3.32. The fraction of sp³-hybridized carbons (Fsp3) is 0.0417. The Morgan fingerprint density at radius 3 is 2.77 bits per heavy atom. The third kappa shape index (κ3) is 3.24. The standard InChI is InChI=1S/C24H18N4O2/c1-30-17-7-10-21-19(14-17)20(24(29)26-21)12-15-5-8-18-22(27-28-23(18)13-15)9-6-16-4-2-3-11-25-16/h2-14,26,29H,1H3/b9-6+,15-12?. The number of aromatic hydroxyl groups is 1. The zero-order valence-electron chi connectivity index (χ0n) is 16.2. The molecule has 6 heteroatoms. The van der Waals surface area contributed by atoms with E-state index in [2.05, 4.69) is 20.2 Å². The molecule has 6 nitrogen and oxygen atoms in total. The minimum absolute atomic E-state index is 0.117. The van der Waals surface area contributed by atoms with E-state index in [0.717, 1.165) is 44.2 Å². The number of methoxy groups -OCH3 is 1. The van der Waals surface area contributed by atoms with E-state index in [9.17, 15) is 5.11 Å². The van der Waals surface area contributed by atoms with Gasteiger partial charge in [-0.15, -0.1) is 10.2 Å². The van der Waals surface area contributed by atoms with Crippen molar-refractivity contribution in [1.29, 1.82) is 0 Å². The van der Waals surface area contributed by atoms with Crippen LogP contribution in [0.3, 0.4) is 0 Å². The molecule has 0 radical (unpaired) electrons. The van der Waals surface area contributed by atoms with Crippen LogP contribution in [-0.4, -0.2) is 22.2 Å². The highest BCUT2D eigenvalue weighted by Crippen LogP contribution is 2.30. The number of azo groups is 1. The molecule has 146 valence electrons. The van der Waals surface area contributed by atoms with Crippen molar-refractivity contribution in [2.75, 3.05) is 7.11 Å². The molecule has 5 rings (SSSR count). The summed E-state index contributed by atoms with van der Waals surface area (Å²) in [5, 5.41) is 21.7. The molecule has 2 aromatic heterocycles. The van der Waals surface area contributed by atoms with Gasteiger partial charge in [-0.2, -0.15) is 0 Å². The molecule has 0 unspecified atom stereocenters. The maximum absolute atomic E-state index is 10.4. The molecular formula is C24H18N4O2. The zero-order valence-corrected chi connectivity index (χ0v) is 16.2. The zero-order chi connectivity index (χ0) is 20.5. The normalized spacial score (nSPS) is 13.5. The number of aromatic nitrogens is 2. The lowest BCUT2D eigenvalue weighted by Crippen LogP contribution is -2.08. The van der Waals surface area contributed by atoms with Crippen molar-refractivity contribution >= 4 is 34.4 Å². The number of hydrogen-bond acceptors (Lipinski definition) is 5. The topological polar surface area (TPSA) is 82.9 Å². The van der Waals surface area contributed by atoms with Gasteiger partial charge < -0.3 is 14.8 Å². The molecule has 1 aliphatic rings. The van der Waals surface area contributed by atoms with Gasteiger partial charge in [-0.05, 0) is 65.9 Å². The number of rotatable bonds is 4. The van der Waals surface area contributed by atoms with Crippen molar-refractivity contribution in [1.82, 2.24) is 9.97 Å². The number of aromatic amines is 1. The van der Waals surface area contributed by atoms with E-state index in [-0.39, 0.29) is 5.88 Å². The second-order valence-corrected chi connectivity index (χ2v) is 6.89.